The van der Waals surface area contributed by atoms with Crippen LogP contribution < -0.4 is 4.74 Å². The summed E-state index contributed by atoms with van der Waals surface area (Å²) in [5.41, 5.74) is 2.00. The summed E-state index contributed by atoms with van der Waals surface area (Å²) in [5.74, 6) is 1.17. The number of likely N-dealkylation sites (N-methyl/N-ethyl adjacent to an activating group) is 1. The average molecular weight is 274 g/mol. The second-order valence-corrected chi connectivity index (χ2v) is 5.55. The molecule has 2 heterocycles. The van der Waals surface area contributed by atoms with Crippen LogP contribution in [-0.2, 0) is 6.42 Å². The van der Waals surface area contributed by atoms with Crippen molar-refractivity contribution in [3.05, 3.63) is 29.3 Å². The molecule has 0 radical (unpaired) electrons. The van der Waals surface area contributed by atoms with Crippen molar-refractivity contribution < 1.29 is 9.53 Å². The normalized spacial score (nSPS) is 19.6. The van der Waals surface area contributed by atoms with Crippen LogP contribution in [0.5, 0.6) is 5.75 Å². The number of benzene rings is 1. The molecular weight excluding hydrogens is 252 g/mol. The van der Waals surface area contributed by atoms with Gasteiger partial charge in [0.1, 0.15) is 5.75 Å². The van der Waals surface area contributed by atoms with E-state index in [-0.39, 0.29) is 5.78 Å². The van der Waals surface area contributed by atoms with E-state index in [2.05, 4.69) is 16.7 Å². The lowest BCUT2D eigenvalue weighted by atomic mass is 10.0. The smallest absolute Gasteiger partial charge is 0.176 e. The molecule has 108 valence electrons. The van der Waals surface area contributed by atoms with Gasteiger partial charge in [0, 0.05) is 38.2 Å². The summed E-state index contributed by atoms with van der Waals surface area (Å²) >= 11 is 0. The van der Waals surface area contributed by atoms with Crippen molar-refractivity contribution in [1.29, 1.82) is 0 Å². The first-order valence-corrected chi connectivity index (χ1v) is 7.50. The first-order chi connectivity index (χ1) is 9.76. The molecular formula is C16H22N2O2. The Labute approximate surface area is 120 Å². The van der Waals surface area contributed by atoms with Gasteiger partial charge in [-0.2, -0.15) is 0 Å². The third kappa shape index (κ3) is 2.86. The van der Waals surface area contributed by atoms with Crippen LogP contribution in [0.4, 0.5) is 0 Å². The number of rotatable bonds is 4. The van der Waals surface area contributed by atoms with Crippen LogP contribution in [0, 0.1) is 0 Å². The summed E-state index contributed by atoms with van der Waals surface area (Å²) in [7, 11) is 0. The largest absolute Gasteiger partial charge is 0.493 e. The van der Waals surface area contributed by atoms with E-state index in [1.54, 1.807) is 0 Å². The number of nitrogens with zero attached hydrogens (tertiary/aromatic N) is 2. The minimum atomic E-state index is 0.227. The van der Waals surface area contributed by atoms with E-state index in [0.717, 1.165) is 57.1 Å². The Morgan fingerprint density at radius 3 is 2.70 bits per heavy atom. The Balaban J connectivity index is 1.59. The first kappa shape index (κ1) is 13.6. The van der Waals surface area contributed by atoms with E-state index < -0.39 is 0 Å². The zero-order valence-corrected chi connectivity index (χ0v) is 12.1. The fourth-order valence-electron chi connectivity index (χ4n) is 2.92. The minimum Gasteiger partial charge on any atom is -0.493 e. The number of Topliss-reactive ketones (excluding diaryl/α,β-unsaturated/α-hetero) is 1. The zero-order chi connectivity index (χ0) is 13.9. The summed E-state index contributed by atoms with van der Waals surface area (Å²) in [4.78, 5) is 17.1. The maximum Gasteiger partial charge on any atom is 0.176 e. The zero-order valence-electron chi connectivity index (χ0n) is 12.1. The van der Waals surface area contributed by atoms with Crippen molar-refractivity contribution in [2.75, 3.05) is 45.9 Å². The summed E-state index contributed by atoms with van der Waals surface area (Å²) in [5, 5.41) is 0. The van der Waals surface area contributed by atoms with Gasteiger partial charge in [0.25, 0.3) is 0 Å². The Kier molecular flexibility index (Phi) is 4.03. The number of ketones is 1. The Bertz CT molecular complexity index is 493. The van der Waals surface area contributed by atoms with Crippen LogP contribution in [0.25, 0.3) is 0 Å². The van der Waals surface area contributed by atoms with E-state index in [9.17, 15) is 4.79 Å². The van der Waals surface area contributed by atoms with Crippen molar-refractivity contribution in [2.45, 2.75) is 13.3 Å². The van der Waals surface area contributed by atoms with Crippen molar-refractivity contribution >= 4 is 5.78 Å². The summed E-state index contributed by atoms with van der Waals surface area (Å²) in [6.07, 6.45) is 0.922. The van der Waals surface area contributed by atoms with Gasteiger partial charge in [0.2, 0.25) is 0 Å². The summed E-state index contributed by atoms with van der Waals surface area (Å²) < 4.78 is 5.48. The van der Waals surface area contributed by atoms with Gasteiger partial charge in [-0.25, -0.2) is 0 Å². The minimum absolute atomic E-state index is 0.227. The Morgan fingerprint density at radius 1 is 1.20 bits per heavy atom. The fourth-order valence-corrected chi connectivity index (χ4v) is 2.92. The topological polar surface area (TPSA) is 32.8 Å². The van der Waals surface area contributed by atoms with Gasteiger partial charge < -0.3 is 9.64 Å². The quantitative estimate of drug-likeness (QED) is 0.778. The second kappa shape index (κ2) is 5.94. The number of piperazine rings is 1. The van der Waals surface area contributed by atoms with Crippen LogP contribution in [0.3, 0.4) is 0 Å². The standard InChI is InChI=1S/C16H22N2O2/c1-2-17-6-8-18(9-7-17)12-15(19)13-3-4-16-14(11-13)5-10-20-16/h3-4,11H,2,5-10,12H2,1H3. The fraction of sp³-hybridized carbons (Fsp3) is 0.562. The predicted octanol–water partition coefficient (Wildman–Crippen LogP) is 1.44. The van der Waals surface area contributed by atoms with Crippen LogP contribution in [0.15, 0.2) is 18.2 Å². The number of fused-ring (bicyclic) bond motifs is 1. The number of hydrogen-bond donors (Lipinski definition) is 0. The molecule has 1 aromatic rings. The number of carbonyl (C=O) groups excluding carboxylic acids is 1. The van der Waals surface area contributed by atoms with Gasteiger partial charge in [0.05, 0.1) is 13.2 Å². The van der Waals surface area contributed by atoms with Gasteiger partial charge in [-0.05, 0) is 30.3 Å². The number of hydrogen-bond acceptors (Lipinski definition) is 4. The monoisotopic (exact) mass is 274 g/mol. The molecule has 4 nitrogen and oxygen atoms in total. The van der Waals surface area contributed by atoms with Gasteiger partial charge in [-0.1, -0.05) is 6.92 Å². The number of ether oxygens (including phenoxy) is 1. The van der Waals surface area contributed by atoms with Crippen LogP contribution in [0.2, 0.25) is 0 Å². The Hall–Kier alpha value is -1.39. The lowest BCUT2D eigenvalue weighted by Gasteiger charge is -2.33. The van der Waals surface area contributed by atoms with Crippen molar-refractivity contribution in [2.24, 2.45) is 0 Å². The molecule has 0 unspecified atom stereocenters. The molecule has 0 saturated carbocycles. The Morgan fingerprint density at radius 2 is 1.95 bits per heavy atom. The highest BCUT2D eigenvalue weighted by atomic mass is 16.5. The highest BCUT2D eigenvalue weighted by Gasteiger charge is 2.20. The van der Waals surface area contributed by atoms with Crippen molar-refractivity contribution in [3.63, 3.8) is 0 Å². The summed E-state index contributed by atoms with van der Waals surface area (Å²) in [6, 6.07) is 5.84. The van der Waals surface area contributed by atoms with E-state index in [0.29, 0.717) is 6.54 Å². The molecule has 2 aliphatic heterocycles. The molecule has 1 saturated heterocycles. The van der Waals surface area contributed by atoms with E-state index in [4.69, 9.17) is 4.74 Å². The lowest BCUT2D eigenvalue weighted by Crippen LogP contribution is -2.47. The van der Waals surface area contributed by atoms with Crippen molar-refractivity contribution in [1.82, 2.24) is 9.80 Å². The third-order valence-electron chi connectivity index (χ3n) is 4.29. The van der Waals surface area contributed by atoms with Gasteiger partial charge in [0.15, 0.2) is 5.78 Å². The van der Waals surface area contributed by atoms with E-state index >= 15 is 0 Å². The molecule has 1 aromatic carbocycles. The first-order valence-electron chi connectivity index (χ1n) is 7.50. The van der Waals surface area contributed by atoms with E-state index in [1.807, 2.05) is 18.2 Å². The van der Waals surface area contributed by atoms with Crippen LogP contribution in [0.1, 0.15) is 22.8 Å². The SMILES string of the molecule is CCN1CCN(CC(=O)c2ccc3c(c2)CCO3)CC1. The second-order valence-electron chi connectivity index (χ2n) is 5.55. The van der Waals surface area contributed by atoms with Crippen LogP contribution >= 0.6 is 0 Å². The molecule has 0 amide bonds. The highest BCUT2D eigenvalue weighted by Crippen LogP contribution is 2.26. The molecule has 0 aliphatic carbocycles. The van der Waals surface area contributed by atoms with Gasteiger partial charge in [-0.15, -0.1) is 0 Å². The molecule has 1 fully saturated rings. The summed E-state index contributed by atoms with van der Waals surface area (Å²) in [6.45, 7) is 8.70. The molecule has 0 bridgehead atoms. The molecule has 2 aliphatic rings. The highest BCUT2D eigenvalue weighted by molar-refractivity contribution is 5.98. The lowest BCUT2D eigenvalue weighted by molar-refractivity contribution is 0.0859. The number of carbonyl (C=O) groups is 1. The van der Waals surface area contributed by atoms with E-state index in [1.165, 1.54) is 5.56 Å². The molecule has 0 N–H and O–H groups in total. The molecule has 3 rings (SSSR count). The van der Waals surface area contributed by atoms with Crippen LogP contribution in [-0.4, -0.2) is 61.5 Å². The molecule has 0 aromatic heterocycles. The third-order valence-corrected chi connectivity index (χ3v) is 4.29. The maximum absolute atomic E-state index is 12.4. The van der Waals surface area contributed by atoms with Gasteiger partial charge >= 0.3 is 0 Å². The molecule has 0 atom stereocenters. The molecule has 4 heteroatoms. The van der Waals surface area contributed by atoms with Crippen molar-refractivity contribution in [3.8, 4) is 5.75 Å². The average Bonchev–Trinajstić information content (AvgIpc) is 2.95. The predicted molar refractivity (Wildman–Crippen MR) is 78.5 cm³/mol. The van der Waals surface area contributed by atoms with Gasteiger partial charge in [-0.3, -0.25) is 9.69 Å². The molecule has 20 heavy (non-hydrogen) atoms. The molecule has 0 spiro atoms. The maximum atomic E-state index is 12.4.